The van der Waals surface area contributed by atoms with E-state index in [9.17, 15) is 4.79 Å². The summed E-state index contributed by atoms with van der Waals surface area (Å²) >= 11 is 0. The van der Waals surface area contributed by atoms with Crippen LogP contribution in [0.25, 0.3) is 10.9 Å². The summed E-state index contributed by atoms with van der Waals surface area (Å²) in [7, 11) is 1.92. The molecule has 0 aliphatic carbocycles. The minimum Gasteiger partial charge on any atom is -0.478 e. The van der Waals surface area contributed by atoms with E-state index in [2.05, 4.69) is 16.5 Å². The molecule has 0 spiro atoms. The summed E-state index contributed by atoms with van der Waals surface area (Å²) in [6.45, 7) is 6.51. The van der Waals surface area contributed by atoms with Gasteiger partial charge >= 0.3 is 5.97 Å². The van der Waals surface area contributed by atoms with E-state index in [-0.39, 0.29) is 5.56 Å². The van der Waals surface area contributed by atoms with E-state index in [1.807, 2.05) is 18.9 Å². The Balaban J connectivity index is 2.51. The smallest absolute Gasteiger partial charge is 0.335 e. The van der Waals surface area contributed by atoms with E-state index in [1.54, 1.807) is 18.2 Å². The normalized spacial score (nSPS) is 10.4. The number of benzene rings is 1. The lowest BCUT2D eigenvalue weighted by Gasteiger charge is -2.19. The van der Waals surface area contributed by atoms with Crippen molar-refractivity contribution >= 4 is 22.7 Å². The van der Waals surface area contributed by atoms with Crippen molar-refractivity contribution in [1.29, 1.82) is 0 Å². The summed E-state index contributed by atoms with van der Waals surface area (Å²) in [6.07, 6.45) is 1.44. The highest BCUT2D eigenvalue weighted by Gasteiger charge is 2.11. The van der Waals surface area contributed by atoms with E-state index >= 15 is 0 Å². The molecule has 0 aliphatic rings. The van der Waals surface area contributed by atoms with Crippen LogP contribution < -0.4 is 4.90 Å². The molecule has 0 radical (unpaired) electrons. The third-order valence-electron chi connectivity index (χ3n) is 2.73. The van der Waals surface area contributed by atoms with Crippen LogP contribution in [0.15, 0.2) is 36.7 Å². The van der Waals surface area contributed by atoms with Gasteiger partial charge in [-0.1, -0.05) is 12.2 Å². The molecular formula is C14H15N3O2. The summed E-state index contributed by atoms with van der Waals surface area (Å²) in [5.74, 6) is -0.192. The zero-order chi connectivity index (χ0) is 14.0. The van der Waals surface area contributed by atoms with Crippen molar-refractivity contribution in [3.63, 3.8) is 0 Å². The predicted octanol–water partition coefficient (Wildman–Crippen LogP) is 2.34. The van der Waals surface area contributed by atoms with Crippen LogP contribution in [-0.2, 0) is 0 Å². The first kappa shape index (κ1) is 13.0. The first-order chi connectivity index (χ1) is 8.99. The van der Waals surface area contributed by atoms with Crippen molar-refractivity contribution in [1.82, 2.24) is 9.97 Å². The fourth-order valence-electron chi connectivity index (χ4n) is 1.96. The van der Waals surface area contributed by atoms with Crippen LogP contribution >= 0.6 is 0 Å². The molecule has 19 heavy (non-hydrogen) atoms. The summed E-state index contributed by atoms with van der Waals surface area (Å²) in [6, 6.07) is 4.85. The number of rotatable bonds is 4. The summed E-state index contributed by atoms with van der Waals surface area (Å²) in [4.78, 5) is 21.3. The van der Waals surface area contributed by atoms with Crippen LogP contribution in [0.5, 0.6) is 0 Å². The van der Waals surface area contributed by atoms with Gasteiger partial charge < -0.3 is 10.0 Å². The molecule has 1 aromatic carbocycles. The number of hydrogen-bond donors (Lipinski definition) is 1. The Hall–Kier alpha value is -2.43. The maximum absolute atomic E-state index is 10.9. The molecule has 1 heterocycles. The molecule has 2 rings (SSSR count). The van der Waals surface area contributed by atoms with Crippen molar-refractivity contribution < 1.29 is 9.90 Å². The van der Waals surface area contributed by atoms with Crippen molar-refractivity contribution in [3.8, 4) is 0 Å². The molecule has 0 unspecified atom stereocenters. The third kappa shape index (κ3) is 2.70. The van der Waals surface area contributed by atoms with Crippen LogP contribution in [-0.4, -0.2) is 34.6 Å². The molecule has 1 aromatic heterocycles. The van der Waals surface area contributed by atoms with E-state index in [4.69, 9.17) is 5.11 Å². The lowest BCUT2D eigenvalue weighted by molar-refractivity contribution is 0.0697. The molecule has 1 N–H and O–H groups in total. The number of carbonyl (C=O) groups is 1. The summed E-state index contributed by atoms with van der Waals surface area (Å²) in [5.41, 5.74) is 1.87. The first-order valence-electron chi connectivity index (χ1n) is 5.82. The number of carboxylic acids is 1. The number of anilines is 1. The fourth-order valence-corrected chi connectivity index (χ4v) is 1.96. The Kier molecular flexibility index (Phi) is 3.46. The zero-order valence-corrected chi connectivity index (χ0v) is 10.9. The molecule has 0 amide bonds. The number of hydrogen-bond acceptors (Lipinski definition) is 4. The fraction of sp³-hybridized carbons (Fsp3) is 0.214. The quantitative estimate of drug-likeness (QED) is 0.851. The highest BCUT2D eigenvalue weighted by atomic mass is 16.4. The second kappa shape index (κ2) is 5.06. The van der Waals surface area contributed by atoms with Crippen LogP contribution in [0.1, 0.15) is 17.3 Å². The van der Waals surface area contributed by atoms with E-state index in [0.717, 1.165) is 16.8 Å². The monoisotopic (exact) mass is 257 g/mol. The van der Waals surface area contributed by atoms with Gasteiger partial charge in [0.05, 0.1) is 11.1 Å². The van der Waals surface area contributed by atoms with Gasteiger partial charge in [-0.3, -0.25) is 0 Å². The van der Waals surface area contributed by atoms with E-state index in [0.29, 0.717) is 12.1 Å². The lowest BCUT2D eigenvalue weighted by atomic mass is 10.1. The van der Waals surface area contributed by atoms with Gasteiger partial charge in [0, 0.05) is 19.0 Å². The number of aromatic nitrogens is 2. The van der Waals surface area contributed by atoms with E-state index in [1.165, 1.54) is 6.33 Å². The van der Waals surface area contributed by atoms with Crippen LogP contribution in [0.4, 0.5) is 5.82 Å². The minimum atomic E-state index is -0.961. The molecule has 5 nitrogen and oxygen atoms in total. The minimum absolute atomic E-state index is 0.222. The van der Waals surface area contributed by atoms with Gasteiger partial charge in [-0.25, -0.2) is 14.8 Å². The van der Waals surface area contributed by atoms with E-state index < -0.39 is 5.97 Å². The Morgan fingerprint density at radius 2 is 2.16 bits per heavy atom. The Labute approximate surface area is 111 Å². The Morgan fingerprint density at radius 1 is 1.42 bits per heavy atom. The highest BCUT2D eigenvalue weighted by molar-refractivity contribution is 5.96. The van der Waals surface area contributed by atoms with Crippen LogP contribution in [0.2, 0.25) is 0 Å². The lowest BCUT2D eigenvalue weighted by Crippen LogP contribution is -2.20. The number of likely N-dealkylation sites (N-methyl/N-ethyl adjacent to an activating group) is 1. The topological polar surface area (TPSA) is 66.3 Å². The van der Waals surface area contributed by atoms with Gasteiger partial charge in [-0.05, 0) is 25.1 Å². The maximum Gasteiger partial charge on any atom is 0.335 e. The molecular weight excluding hydrogens is 242 g/mol. The van der Waals surface area contributed by atoms with Gasteiger partial charge in [-0.15, -0.1) is 0 Å². The van der Waals surface area contributed by atoms with Gasteiger partial charge in [0.15, 0.2) is 0 Å². The van der Waals surface area contributed by atoms with Crippen molar-refractivity contribution in [2.24, 2.45) is 0 Å². The SMILES string of the molecule is C=C(C)CN(C)c1ncnc2cc(C(=O)O)ccc12. The molecule has 2 aromatic rings. The number of fused-ring (bicyclic) bond motifs is 1. The third-order valence-corrected chi connectivity index (χ3v) is 2.73. The summed E-state index contributed by atoms with van der Waals surface area (Å²) in [5, 5.41) is 9.81. The molecule has 5 heteroatoms. The maximum atomic E-state index is 10.9. The molecule has 0 bridgehead atoms. The van der Waals surface area contributed by atoms with Crippen molar-refractivity contribution in [3.05, 3.63) is 42.2 Å². The predicted molar refractivity (Wildman–Crippen MR) is 74.6 cm³/mol. The molecule has 0 fully saturated rings. The molecule has 0 aliphatic heterocycles. The largest absolute Gasteiger partial charge is 0.478 e. The number of aromatic carboxylic acids is 1. The Bertz CT molecular complexity index is 652. The van der Waals surface area contributed by atoms with Crippen LogP contribution in [0.3, 0.4) is 0 Å². The average molecular weight is 257 g/mol. The van der Waals surface area contributed by atoms with Gasteiger partial charge in [0.1, 0.15) is 12.1 Å². The highest BCUT2D eigenvalue weighted by Crippen LogP contribution is 2.23. The van der Waals surface area contributed by atoms with Gasteiger partial charge in [0.25, 0.3) is 0 Å². The summed E-state index contributed by atoms with van der Waals surface area (Å²) < 4.78 is 0. The molecule has 98 valence electrons. The van der Waals surface area contributed by atoms with Crippen molar-refractivity contribution in [2.75, 3.05) is 18.5 Å². The van der Waals surface area contributed by atoms with Crippen LogP contribution in [0, 0.1) is 0 Å². The average Bonchev–Trinajstić information content (AvgIpc) is 2.36. The Morgan fingerprint density at radius 3 is 2.79 bits per heavy atom. The van der Waals surface area contributed by atoms with Gasteiger partial charge in [0.2, 0.25) is 0 Å². The molecule has 0 atom stereocenters. The zero-order valence-electron chi connectivity index (χ0n) is 10.9. The number of nitrogens with zero attached hydrogens (tertiary/aromatic N) is 3. The number of carboxylic acid groups (broad SMARTS) is 1. The first-order valence-corrected chi connectivity index (χ1v) is 5.82. The molecule has 0 saturated carbocycles. The second-order valence-corrected chi connectivity index (χ2v) is 4.55. The van der Waals surface area contributed by atoms with Gasteiger partial charge in [-0.2, -0.15) is 0 Å². The molecule has 0 saturated heterocycles. The van der Waals surface area contributed by atoms with Crippen molar-refractivity contribution in [2.45, 2.75) is 6.92 Å². The standard InChI is InChI=1S/C14H15N3O2/c1-9(2)7-17(3)13-11-5-4-10(14(18)19)6-12(11)15-8-16-13/h4-6,8H,1,7H2,2-3H3,(H,18,19). The second-order valence-electron chi connectivity index (χ2n) is 4.55.